The molecule has 3 nitrogen and oxygen atoms in total. The molecule has 0 saturated heterocycles. The Balaban J connectivity index is 3.44. The molecule has 0 atom stereocenters. The molecule has 0 aromatic carbocycles. The van der Waals surface area contributed by atoms with E-state index in [0.29, 0.717) is 5.75 Å². The van der Waals surface area contributed by atoms with Crippen molar-refractivity contribution >= 4 is 0 Å². The van der Waals surface area contributed by atoms with Crippen LogP contribution in [0.5, 0.6) is 5.75 Å². The van der Waals surface area contributed by atoms with Gasteiger partial charge in [0, 0.05) is 17.4 Å². The molecule has 16 heavy (non-hydrogen) atoms. The molecular weight excluding hydrogens is 200 g/mol. The molecule has 0 unspecified atom stereocenters. The molecule has 0 aliphatic carbocycles. The molecule has 1 aromatic heterocycles. The molecule has 1 heterocycles. The van der Waals surface area contributed by atoms with Crippen LogP contribution in [0.3, 0.4) is 0 Å². The van der Waals surface area contributed by atoms with Gasteiger partial charge in [0.2, 0.25) is 0 Å². The summed E-state index contributed by atoms with van der Waals surface area (Å²) in [5.41, 5.74) is 1.65. The molecule has 0 fully saturated rings. The Morgan fingerprint density at radius 2 is 1.62 bits per heavy atom. The van der Waals surface area contributed by atoms with Crippen molar-refractivity contribution in [2.24, 2.45) is 0 Å². The summed E-state index contributed by atoms with van der Waals surface area (Å²) in [7, 11) is 0. The summed E-state index contributed by atoms with van der Waals surface area (Å²) < 4.78 is 1.95. The molecule has 1 aromatic rings. The van der Waals surface area contributed by atoms with Crippen molar-refractivity contribution in [3.8, 4) is 5.75 Å². The Morgan fingerprint density at radius 1 is 1.12 bits per heavy atom. The average molecular weight is 224 g/mol. The molecule has 1 N–H and O–H groups in total. The van der Waals surface area contributed by atoms with Gasteiger partial charge in [-0.15, -0.1) is 0 Å². The molecular formula is C13H24N2O. The third-order valence-corrected chi connectivity index (χ3v) is 2.66. The normalized spacial score (nSPS) is 12.8. The van der Waals surface area contributed by atoms with E-state index in [4.69, 9.17) is 0 Å². The van der Waals surface area contributed by atoms with Gasteiger partial charge < -0.3 is 5.11 Å². The van der Waals surface area contributed by atoms with Crippen LogP contribution >= 0.6 is 0 Å². The second-order valence-electron chi connectivity index (χ2n) is 6.03. The lowest BCUT2D eigenvalue weighted by Gasteiger charge is -2.22. The molecule has 0 aliphatic rings. The van der Waals surface area contributed by atoms with E-state index >= 15 is 0 Å². The van der Waals surface area contributed by atoms with Gasteiger partial charge in [-0.25, -0.2) is 0 Å². The summed E-state index contributed by atoms with van der Waals surface area (Å²) in [6, 6.07) is 0.271. The zero-order valence-electron chi connectivity index (χ0n) is 11.5. The number of aromatic hydroxyl groups is 1. The highest BCUT2D eigenvalue weighted by Crippen LogP contribution is 2.37. The summed E-state index contributed by atoms with van der Waals surface area (Å²) in [5.74, 6) is 0.622. The van der Waals surface area contributed by atoms with Gasteiger partial charge in [0.25, 0.3) is 0 Å². The first-order chi connectivity index (χ1) is 7.16. The van der Waals surface area contributed by atoms with Gasteiger partial charge in [-0.3, -0.25) is 4.68 Å². The van der Waals surface area contributed by atoms with Gasteiger partial charge in [0.1, 0.15) is 5.69 Å². The van der Waals surface area contributed by atoms with Crippen molar-refractivity contribution in [3.63, 3.8) is 0 Å². The maximum atomic E-state index is 10.3. The largest absolute Gasteiger partial charge is 0.504 e. The summed E-state index contributed by atoms with van der Waals surface area (Å²) in [6.07, 6.45) is 0. The predicted molar refractivity (Wildman–Crippen MR) is 67.1 cm³/mol. The minimum atomic E-state index is -0.0888. The summed E-state index contributed by atoms with van der Waals surface area (Å²) in [6.45, 7) is 14.6. The molecule has 0 radical (unpaired) electrons. The number of nitrogens with zero attached hydrogens (tertiary/aromatic N) is 2. The maximum absolute atomic E-state index is 10.3. The number of hydrogen-bond acceptors (Lipinski definition) is 2. The van der Waals surface area contributed by atoms with Crippen molar-refractivity contribution in [2.45, 2.75) is 65.8 Å². The monoisotopic (exact) mass is 224 g/mol. The standard InChI is InChI=1S/C13H24N2O/c1-8(2)10-11(16)12(13(5,6)7)15(14-10)9(3)4/h8-9,16H,1-7H3. The lowest BCUT2D eigenvalue weighted by molar-refractivity contribution is 0.407. The fraction of sp³-hybridized carbons (Fsp3) is 0.769. The summed E-state index contributed by atoms with van der Waals surface area (Å²) in [5, 5.41) is 14.8. The third-order valence-electron chi connectivity index (χ3n) is 2.66. The first-order valence-electron chi connectivity index (χ1n) is 5.98. The van der Waals surface area contributed by atoms with Crippen LogP contribution in [0.1, 0.15) is 71.8 Å². The summed E-state index contributed by atoms with van der Waals surface area (Å²) >= 11 is 0. The van der Waals surface area contributed by atoms with Gasteiger partial charge >= 0.3 is 0 Å². The summed E-state index contributed by atoms with van der Waals surface area (Å²) in [4.78, 5) is 0. The molecule has 0 bridgehead atoms. The van der Waals surface area contributed by atoms with E-state index in [9.17, 15) is 5.11 Å². The fourth-order valence-corrected chi connectivity index (χ4v) is 1.90. The van der Waals surface area contributed by atoms with E-state index < -0.39 is 0 Å². The minimum Gasteiger partial charge on any atom is -0.504 e. The Hall–Kier alpha value is -0.990. The van der Waals surface area contributed by atoms with Crippen LogP contribution in [0.2, 0.25) is 0 Å². The second kappa shape index (κ2) is 4.11. The van der Waals surface area contributed by atoms with E-state index in [1.54, 1.807) is 0 Å². The molecule has 0 aliphatic heterocycles. The zero-order chi connectivity index (χ0) is 12.7. The van der Waals surface area contributed by atoms with Gasteiger partial charge in [-0.2, -0.15) is 5.10 Å². The van der Waals surface area contributed by atoms with Gasteiger partial charge in [0.05, 0.1) is 5.69 Å². The van der Waals surface area contributed by atoms with Crippen LogP contribution < -0.4 is 0 Å². The van der Waals surface area contributed by atoms with Crippen LogP contribution in [0.15, 0.2) is 0 Å². The smallest absolute Gasteiger partial charge is 0.160 e. The van der Waals surface area contributed by atoms with Crippen molar-refractivity contribution in [1.82, 2.24) is 9.78 Å². The van der Waals surface area contributed by atoms with Crippen LogP contribution in [0.25, 0.3) is 0 Å². The van der Waals surface area contributed by atoms with Crippen LogP contribution in [0, 0.1) is 0 Å². The van der Waals surface area contributed by atoms with Crippen LogP contribution in [0.4, 0.5) is 0 Å². The number of rotatable bonds is 2. The minimum absolute atomic E-state index is 0.0888. The lowest BCUT2D eigenvalue weighted by atomic mass is 9.90. The number of hydrogen-bond donors (Lipinski definition) is 1. The lowest BCUT2D eigenvalue weighted by Crippen LogP contribution is -2.19. The fourth-order valence-electron chi connectivity index (χ4n) is 1.90. The van der Waals surface area contributed by atoms with E-state index in [0.717, 1.165) is 11.4 Å². The Labute approximate surface area is 98.5 Å². The zero-order valence-corrected chi connectivity index (χ0v) is 11.5. The Kier molecular flexibility index (Phi) is 3.36. The molecule has 0 saturated carbocycles. The highest BCUT2D eigenvalue weighted by molar-refractivity contribution is 5.38. The van der Waals surface area contributed by atoms with E-state index in [2.05, 4.69) is 53.6 Å². The molecule has 1 rings (SSSR count). The molecule has 3 heteroatoms. The molecule has 0 spiro atoms. The van der Waals surface area contributed by atoms with Gasteiger partial charge in [-0.1, -0.05) is 34.6 Å². The first-order valence-corrected chi connectivity index (χ1v) is 5.98. The van der Waals surface area contributed by atoms with Crippen molar-refractivity contribution in [1.29, 1.82) is 0 Å². The first kappa shape index (κ1) is 13.1. The van der Waals surface area contributed by atoms with E-state index in [1.165, 1.54) is 0 Å². The highest BCUT2D eigenvalue weighted by Gasteiger charge is 2.29. The second-order valence-corrected chi connectivity index (χ2v) is 6.03. The molecule has 0 amide bonds. The van der Waals surface area contributed by atoms with Crippen molar-refractivity contribution in [3.05, 3.63) is 11.4 Å². The maximum Gasteiger partial charge on any atom is 0.160 e. The van der Waals surface area contributed by atoms with E-state index in [-0.39, 0.29) is 17.4 Å². The van der Waals surface area contributed by atoms with Gasteiger partial charge in [-0.05, 0) is 13.8 Å². The highest BCUT2D eigenvalue weighted by atomic mass is 16.3. The quantitative estimate of drug-likeness (QED) is 0.833. The average Bonchev–Trinajstić information content (AvgIpc) is 2.41. The Bertz CT molecular complexity index is 370. The molecule has 92 valence electrons. The van der Waals surface area contributed by atoms with Crippen molar-refractivity contribution < 1.29 is 5.11 Å². The Morgan fingerprint density at radius 3 is 1.88 bits per heavy atom. The SMILES string of the molecule is CC(C)c1nn(C(C)C)c(C(C)(C)C)c1O. The van der Waals surface area contributed by atoms with E-state index in [1.807, 2.05) is 4.68 Å². The van der Waals surface area contributed by atoms with Crippen molar-refractivity contribution in [2.75, 3.05) is 0 Å². The third kappa shape index (κ3) is 2.23. The van der Waals surface area contributed by atoms with Crippen LogP contribution in [-0.4, -0.2) is 14.9 Å². The topological polar surface area (TPSA) is 38.0 Å². The number of aromatic nitrogens is 2. The predicted octanol–water partition coefficient (Wildman–Crippen LogP) is 3.59. The van der Waals surface area contributed by atoms with Crippen LogP contribution in [-0.2, 0) is 5.41 Å². The van der Waals surface area contributed by atoms with Gasteiger partial charge in [0.15, 0.2) is 5.75 Å².